The normalized spacial score (nSPS) is 9.85. The van der Waals surface area contributed by atoms with Crippen molar-refractivity contribution >= 4 is 39.3 Å². The highest BCUT2D eigenvalue weighted by Gasteiger charge is 2.05. The van der Waals surface area contributed by atoms with Crippen LogP contribution in [-0.2, 0) is 0 Å². The van der Waals surface area contributed by atoms with Crippen LogP contribution in [0.25, 0.3) is 11.3 Å². The van der Waals surface area contributed by atoms with Gasteiger partial charge in [-0.2, -0.15) is 0 Å². The molecule has 0 fully saturated rings. The highest BCUT2D eigenvalue weighted by molar-refractivity contribution is 8.93. The second-order valence-corrected chi connectivity index (χ2v) is 4.98. The second-order valence-electron chi connectivity index (χ2n) is 4.12. The first-order valence-corrected chi connectivity index (χ1v) is 6.75. The summed E-state index contributed by atoms with van der Waals surface area (Å²) in [6.07, 6.45) is 5.32. The minimum atomic E-state index is 0. The van der Waals surface area contributed by atoms with Gasteiger partial charge < -0.3 is 5.32 Å². The van der Waals surface area contributed by atoms with Gasteiger partial charge in [0.2, 0.25) is 0 Å². The van der Waals surface area contributed by atoms with Gasteiger partial charge in [-0.25, -0.2) is 9.97 Å². The number of rotatable bonds is 3. The number of halogens is 1. The van der Waals surface area contributed by atoms with Crippen LogP contribution in [0.4, 0.5) is 10.9 Å². The fourth-order valence-corrected chi connectivity index (χ4v) is 2.43. The molecule has 0 aliphatic carbocycles. The van der Waals surface area contributed by atoms with Crippen molar-refractivity contribution in [1.82, 2.24) is 15.0 Å². The molecule has 0 saturated heterocycles. The Morgan fingerprint density at radius 3 is 2.65 bits per heavy atom. The van der Waals surface area contributed by atoms with Crippen LogP contribution in [0.2, 0.25) is 0 Å². The van der Waals surface area contributed by atoms with Gasteiger partial charge in [0.25, 0.3) is 0 Å². The van der Waals surface area contributed by atoms with E-state index in [1.807, 2.05) is 36.6 Å². The van der Waals surface area contributed by atoms with Gasteiger partial charge >= 0.3 is 0 Å². The van der Waals surface area contributed by atoms with Gasteiger partial charge in [0.05, 0.1) is 5.69 Å². The molecular weight excluding hydrogens is 336 g/mol. The maximum absolute atomic E-state index is 4.55. The molecule has 3 aromatic rings. The highest BCUT2D eigenvalue weighted by atomic mass is 79.9. The molecule has 1 N–H and O–H groups in total. The number of aryl methyl sites for hydroxylation is 1. The Balaban J connectivity index is 0.00000147. The number of anilines is 2. The number of thiazole rings is 1. The summed E-state index contributed by atoms with van der Waals surface area (Å²) in [7, 11) is 0. The Bertz CT molecular complexity index is 684. The molecule has 0 aromatic carbocycles. The number of aromatic nitrogens is 3. The first-order chi connectivity index (χ1) is 9.31. The lowest BCUT2D eigenvalue weighted by molar-refractivity contribution is 1.26. The van der Waals surface area contributed by atoms with Gasteiger partial charge in [-0.05, 0) is 36.8 Å². The Morgan fingerprint density at radius 1 is 1.10 bits per heavy atom. The lowest BCUT2D eigenvalue weighted by Gasteiger charge is -2.01. The van der Waals surface area contributed by atoms with Crippen LogP contribution in [0.15, 0.2) is 48.2 Å². The number of hydrogen-bond acceptors (Lipinski definition) is 5. The molecule has 0 radical (unpaired) electrons. The molecule has 102 valence electrons. The molecule has 0 amide bonds. The molecule has 3 aromatic heterocycles. The fraction of sp³-hybridized carbons (Fsp3) is 0.0714. The smallest absolute Gasteiger partial charge is 0.188 e. The molecule has 0 aliphatic rings. The summed E-state index contributed by atoms with van der Waals surface area (Å²) >= 11 is 1.56. The maximum atomic E-state index is 4.55. The van der Waals surface area contributed by atoms with E-state index in [0.29, 0.717) is 0 Å². The van der Waals surface area contributed by atoms with Crippen molar-refractivity contribution in [3.05, 3.63) is 53.8 Å². The van der Waals surface area contributed by atoms with E-state index in [0.717, 1.165) is 22.2 Å². The number of nitrogens with one attached hydrogen (secondary N) is 1. The molecule has 3 rings (SSSR count). The van der Waals surface area contributed by atoms with Crippen molar-refractivity contribution in [3.8, 4) is 11.3 Å². The molecule has 0 atom stereocenters. The quantitative estimate of drug-likeness (QED) is 0.769. The number of pyridine rings is 2. The molecular formula is C14H13BrN4S. The van der Waals surface area contributed by atoms with Gasteiger partial charge in [-0.15, -0.1) is 28.3 Å². The van der Waals surface area contributed by atoms with Crippen molar-refractivity contribution in [1.29, 1.82) is 0 Å². The van der Waals surface area contributed by atoms with Gasteiger partial charge in [0, 0.05) is 29.5 Å². The fourth-order valence-electron chi connectivity index (χ4n) is 1.70. The maximum Gasteiger partial charge on any atom is 0.188 e. The number of nitrogens with zero attached hydrogens (tertiary/aromatic N) is 3. The first kappa shape index (κ1) is 14.6. The minimum absolute atomic E-state index is 0. The third kappa shape index (κ3) is 3.40. The topological polar surface area (TPSA) is 50.7 Å². The van der Waals surface area contributed by atoms with Gasteiger partial charge in [0.1, 0.15) is 5.82 Å². The lowest BCUT2D eigenvalue weighted by atomic mass is 10.2. The monoisotopic (exact) mass is 348 g/mol. The summed E-state index contributed by atoms with van der Waals surface area (Å²) in [5.74, 6) is 0.815. The third-order valence-corrected chi connectivity index (χ3v) is 3.39. The zero-order valence-corrected chi connectivity index (χ0v) is 13.3. The van der Waals surface area contributed by atoms with E-state index in [9.17, 15) is 0 Å². The van der Waals surface area contributed by atoms with Crippen molar-refractivity contribution in [3.63, 3.8) is 0 Å². The van der Waals surface area contributed by atoms with Gasteiger partial charge in [-0.1, -0.05) is 0 Å². The average Bonchev–Trinajstić information content (AvgIpc) is 2.88. The lowest BCUT2D eigenvalue weighted by Crippen LogP contribution is -1.93. The molecule has 0 aliphatic heterocycles. The predicted octanol–water partition coefficient (Wildman–Crippen LogP) is 4.23. The molecule has 0 bridgehead atoms. The molecule has 3 heterocycles. The van der Waals surface area contributed by atoms with Crippen molar-refractivity contribution in [2.24, 2.45) is 0 Å². The van der Waals surface area contributed by atoms with E-state index >= 15 is 0 Å². The predicted molar refractivity (Wildman–Crippen MR) is 87.9 cm³/mol. The molecule has 6 heteroatoms. The Labute approximate surface area is 131 Å². The standard InChI is InChI=1S/C14H12N4S.BrH/c1-10-2-7-16-13(8-10)18-14-17-12(9-19-14)11-3-5-15-6-4-11;/h2-9H,1H3,(H,16,17,18);1H. The van der Waals surface area contributed by atoms with E-state index in [4.69, 9.17) is 0 Å². The largest absolute Gasteiger partial charge is 0.316 e. The van der Waals surface area contributed by atoms with Crippen LogP contribution in [-0.4, -0.2) is 15.0 Å². The van der Waals surface area contributed by atoms with Crippen LogP contribution in [0, 0.1) is 6.92 Å². The van der Waals surface area contributed by atoms with E-state index in [-0.39, 0.29) is 17.0 Å². The summed E-state index contributed by atoms with van der Waals surface area (Å²) in [5.41, 5.74) is 3.18. The van der Waals surface area contributed by atoms with Gasteiger partial charge in [-0.3, -0.25) is 4.98 Å². The summed E-state index contributed by atoms with van der Waals surface area (Å²) in [4.78, 5) is 12.8. The highest BCUT2D eigenvalue weighted by Crippen LogP contribution is 2.26. The second kappa shape index (κ2) is 6.58. The molecule has 0 saturated carbocycles. The molecule has 0 unspecified atom stereocenters. The van der Waals surface area contributed by atoms with E-state index in [1.54, 1.807) is 29.9 Å². The average molecular weight is 349 g/mol. The Kier molecular flexibility index (Phi) is 4.81. The van der Waals surface area contributed by atoms with Crippen molar-refractivity contribution in [2.75, 3.05) is 5.32 Å². The van der Waals surface area contributed by atoms with Crippen LogP contribution in [0.3, 0.4) is 0 Å². The zero-order valence-electron chi connectivity index (χ0n) is 10.8. The summed E-state index contributed by atoms with van der Waals surface area (Å²) in [6, 6.07) is 7.86. The van der Waals surface area contributed by atoms with Crippen LogP contribution in [0.1, 0.15) is 5.56 Å². The summed E-state index contributed by atoms with van der Waals surface area (Å²) in [6.45, 7) is 2.04. The minimum Gasteiger partial charge on any atom is -0.316 e. The van der Waals surface area contributed by atoms with Crippen molar-refractivity contribution < 1.29 is 0 Å². The summed E-state index contributed by atoms with van der Waals surface area (Å²) < 4.78 is 0. The SMILES string of the molecule is Br.Cc1ccnc(Nc2nc(-c3ccncc3)cs2)c1. The third-order valence-electron chi connectivity index (χ3n) is 2.63. The molecule has 4 nitrogen and oxygen atoms in total. The Hall–Kier alpha value is -1.79. The molecule has 0 spiro atoms. The van der Waals surface area contributed by atoms with Crippen molar-refractivity contribution in [2.45, 2.75) is 6.92 Å². The Morgan fingerprint density at radius 2 is 1.90 bits per heavy atom. The van der Waals surface area contributed by atoms with E-state index in [1.165, 1.54) is 5.56 Å². The van der Waals surface area contributed by atoms with E-state index < -0.39 is 0 Å². The molecule has 20 heavy (non-hydrogen) atoms. The summed E-state index contributed by atoms with van der Waals surface area (Å²) in [5, 5.41) is 6.07. The first-order valence-electron chi connectivity index (χ1n) is 5.87. The van der Waals surface area contributed by atoms with Crippen LogP contribution >= 0.6 is 28.3 Å². The van der Waals surface area contributed by atoms with Crippen LogP contribution < -0.4 is 5.32 Å². The van der Waals surface area contributed by atoms with Crippen LogP contribution in [0.5, 0.6) is 0 Å². The van der Waals surface area contributed by atoms with E-state index in [2.05, 4.69) is 20.3 Å². The van der Waals surface area contributed by atoms with Gasteiger partial charge in [0.15, 0.2) is 5.13 Å². The zero-order chi connectivity index (χ0) is 13.1. The number of hydrogen-bond donors (Lipinski definition) is 1.